The molecular weight excluding hydrogens is 528 g/mol. The zero-order valence-corrected chi connectivity index (χ0v) is 22.7. The fourth-order valence-corrected chi connectivity index (χ4v) is 4.25. The molecule has 0 saturated carbocycles. The minimum atomic E-state index is -0.777. The molecule has 0 fully saturated rings. The molecule has 2 amide bonds. The molecule has 220 valence electrons. The van der Waals surface area contributed by atoms with Gasteiger partial charge >= 0.3 is 0 Å². The maximum absolute atomic E-state index is 13.4. The van der Waals surface area contributed by atoms with Crippen molar-refractivity contribution in [3.05, 3.63) is 65.2 Å². The van der Waals surface area contributed by atoms with E-state index in [1.807, 2.05) is 6.07 Å². The summed E-state index contributed by atoms with van der Waals surface area (Å²) in [6.07, 6.45) is 3.33. The average molecular weight is 567 g/mol. The van der Waals surface area contributed by atoms with Gasteiger partial charge in [-0.3, -0.25) is 19.6 Å². The summed E-state index contributed by atoms with van der Waals surface area (Å²) in [7, 11) is 0. The van der Waals surface area contributed by atoms with Gasteiger partial charge in [0.05, 0.1) is 12.6 Å². The number of benzene rings is 2. The number of amides is 2. The monoisotopic (exact) mass is 566 g/mol. The Morgan fingerprint density at radius 3 is 2.41 bits per heavy atom. The van der Waals surface area contributed by atoms with E-state index in [4.69, 9.17) is 27.7 Å². The van der Waals surface area contributed by atoms with E-state index in [0.717, 1.165) is 5.56 Å². The first kappa shape index (κ1) is 30.8. The number of phenolic OH excluding ortho intramolecular Hbond substituents is 1. The summed E-state index contributed by atoms with van der Waals surface area (Å²) in [5.41, 5.74) is 23.3. The Kier molecular flexibility index (Phi) is 11.3. The SMILES string of the molecule is NC(N)=NCCCCNC(=O)C1c2cc(/C=C/C(=O)NCCC(O)CN=C(N)N)ccc2OC1c1ccc(O)cc1. The van der Waals surface area contributed by atoms with Gasteiger partial charge in [-0.2, -0.15) is 0 Å². The van der Waals surface area contributed by atoms with Gasteiger partial charge in [0.25, 0.3) is 0 Å². The molecule has 0 spiro atoms. The van der Waals surface area contributed by atoms with Gasteiger partial charge in [0.15, 0.2) is 11.9 Å². The lowest BCUT2D eigenvalue weighted by atomic mass is 9.89. The van der Waals surface area contributed by atoms with Crippen molar-refractivity contribution in [1.29, 1.82) is 0 Å². The van der Waals surface area contributed by atoms with E-state index >= 15 is 0 Å². The van der Waals surface area contributed by atoms with Crippen molar-refractivity contribution < 1.29 is 24.5 Å². The van der Waals surface area contributed by atoms with Crippen LogP contribution in [0.5, 0.6) is 11.5 Å². The fourth-order valence-electron chi connectivity index (χ4n) is 4.25. The molecule has 41 heavy (non-hydrogen) atoms. The maximum Gasteiger partial charge on any atom is 0.244 e. The summed E-state index contributed by atoms with van der Waals surface area (Å²) in [6.45, 7) is 1.22. The van der Waals surface area contributed by atoms with Crippen LogP contribution in [0.25, 0.3) is 6.08 Å². The molecule has 1 heterocycles. The minimum absolute atomic E-state index is 0.0335. The van der Waals surface area contributed by atoms with Crippen LogP contribution >= 0.6 is 0 Å². The highest BCUT2D eigenvalue weighted by Gasteiger charge is 2.40. The van der Waals surface area contributed by atoms with Crippen LogP contribution in [0.1, 0.15) is 48.0 Å². The molecule has 1 aliphatic rings. The topological polar surface area (TPSA) is 237 Å². The van der Waals surface area contributed by atoms with Crippen LogP contribution in [0, 0.1) is 0 Å². The summed E-state index contributed by atoms with van der Waals surface area (Å²) < 4.78 is 6.19. The number of ether oxygens (including phenoxy) is 1. The Hall–Kier alpha value is -4.78. The predicted molar refractivity (Wildman–Crippen MR) is 157 cm³/mol. The molecule has 0 aromatic heterocycles. The largest absolute Gasteiger partial charge is 0.508 e. The normalized spacial score (nSPS) is 16.3. The lowest BCUT2D eigenvalue weighted by molar-refractivity contribution is -0.124. The van der Waals surface area contributed by atoms with Crippen LogP contribution in [-0.2, 0) is 9.59 Å². The Balaban J connectivity index is 1.67. The van der Waals surface area contributed by atoms with E-state index in [1.54, 1.807) is 42.5 Å². The van der Waals surface area contributed by atoms with Crippen molar-refractivity contribution in [2.75, 3.05) is 26.2 Å². The van der Waals surface area contributed by atoms with Crippen LogP contribution in [0.2, 0.25) is 0 Å². The van der Waals surface area contributed by atoms with E-state index in [2.05, 4.69) is 20.6 Å². The van der Waals surface area contributed by atoms with Gasteiger partial charge < -0.3 is 48.5 Å². The molecular formula is C28H38N8O5. The molecule has 0 aliphatic carbocycles. The highest BCUT2D eigenvalue weighted by Crippen LogP contribution is 2.46. The number of nitrogens with two attached hydrogens (primary N) is 4. The summed E-state index contributed by atoms with van der Waals surface area (Å²) in [4.78, 5) is 33.4. The number of nitrogens with zero attached hydrogens (tertiary/aromatic N) is 2. The van der Waals surface area contributed by atoms with Gasteiger partial charge in [-0.15, -0.1) is 0 Å². The number of hydrogen-bond donors (Lipinski definition) is 8. The Labute approximate surface area is 238 Å². The smallest absolute Gasteiger partial charge is 0.244 e. The van der Waals surface area contributed by atoms with Gasteiger partial charge in [0.2, 0.25) is 11.8 Å². The number of aliphatic imine (C=N–C) groups is 2. The molecule has 2 aromatic carbocycles. The van der Waals surface area contributed by atoms with Crippen LogP contribution in [0.3, 0.4) is 0 Å². The predicted octanol–water partition coefficient (Wildman–Crippen LogP) is -0.0669. The van der Waals surface area contributed by atoms with Gasteiger partial charge in [-0.25, -0.2) is 0 Å². The van der Waals surface area contributed by atoms with Crippen molar-refractivity contribution in [1.82, 2.24) is 10.6 Å². The first-order valence-electron chi connectivity index (χ1n) is 13.3. The van der Waals surface area contributed by atoms with Crippen LogP contribution in [-0.4, -0.2) is 66.2 Å². The van der Waals surface area contributed by atoms with Crippen molar-refractivity contribution in [2.45, 2.75) is 37.4 Å². The Morgan fingerprint density at radius 2 is 1.71 bits per heavy atom. The van der Waals surface area contributed by atoms with Crippen LogP contribution in [0.15, 0.2) is 58.5 Å². The molecule has 0 saturated heterocycles. The number of nitrogens with one attached hydrogen (secondary N) is 2. The zero-order chi connectivity index (χ0) is 29.8. The second kappa shape index (κ2) is 15.1. The summed E-state index contributed by atoms with van der Waals surface area (Å²) in [5.74, 6) is -0.599. The van der Waals surface area contributed by atoms with E-state index in [1.165, 1.54) is 6.08 Å². The van der Waals surface area contributed by atoms with Crippen molar-refractivity contribution in [3.8, 4) is 11.5 Å². The molecule has 13 heteroatoms. The molecule has 12 N–H and O–H groups in total. The standard InChI is InChI=1S/C28H38N8O5/c29-27(30)35-13-2-1-12-34-26(40)24-21-15-17(4-10-23(39)33-14-11-20(38)16-36-28(31)32)3-9-22(21)41-25(24)18-5-7-19(37)8-6-18/h3-10,15,20,24-25,37-38H,1-2,11-14,16H2,(H,33,39)(H,34,40)(H4,29,30,35)(H4,31,32,36)/b10-4+. The number of carbonyl (C=O) groups is 2. The van der Waals surface area contributed by atoms with E-state index < -0.39 is 18.1 Å². The molecule has 13 nitrogen and oxygen atoms in total. The van der Waals surface area contributed by atoms with Crippen LogP contribution < -0.4 is 38.3 Å². The van der Waals surface area contributed by atoms with Gasteiger partial charge in [-0.1, -0.05) is 18.2 Å². The molecule has 3 unspecified atom stereocenters. The number of unbranched alkanes of at least 4 members (excludes halogenated alkanes) is 1. The molecule has 3 rings (SSSR count). The highest BCUT2D eigenvalue weighted by molar-refractivity contribution is 5.92. The van der Waals surface area contributed by atoms with Gasteiger partial charge in [0.1, 0.15) is 23.5 Å². The molecule has 1 aliphatic heterocycles. The van der Waals surface area contributed by atoms with Gasteiger partial charge in [0, 0.05) is 31.3 Å². The molecule has 0 radical (unpaired) electrons. The quantitative estimate of drug-likeness (QED) is 0.0660. The van der Waals surface area contributed by atoms with E-state index in [0.29, 0.717) is 42.8 Å². The van der Waals surface area contributed by atoms with Crippen LogP contribution in [0.4, 0.5) is 0 Å². The average Bonchev–Trinajstić information content (AvgIpc) is 3.31. The minimum Gasteiger partial charge on any atom is -0.508 e. The third kappa shape index (κ3) is 9.72. The summed E-state index contributed by atoms with van der Waals surface area (Å²) in [6, 6.07) is 11.9. The first-order valence-corrected chi connectivity index (χ1v) is 13.3. The third-order valence-corrected chi connectivity index (χ3v) is 6.30. The number of guanidine groups is 2. The third-order valence-electron chi connectivity index (χ3n) is 6.30. The number of rotatable bonds is 14. The Bertz CT molecular complexity index is 1270. The molecule has 0 bridgehead atoms. The summed E-state index contributed by atoms with van der Waals surface area (Å²) in [5, 5.41) is 25.2. The number of aliphatic hydroxyl groups excluding tert-OH is 1. The van der Waals surface area contributed by atoms with E-state index in [9.17, 15) is 19.8 Å². The summed E-state index contributed by atoms with van der Waals surface area (Å²) >= 11 is 0. The number of phenols is 1. The van der Waals surface area contributed by atoms with Crippen molar-refractivity contribution in [2.24, 2.45) is 32.9 Å². The van der Waals surface area contributed by atoms with Crippen molar-refractivity contribution in [3.63, 3.8) is 0 Å². The lowest BCUT2D eigenvalue weighted by Crippen LogP contribution is -2.32. The number of aromatic hydroxyl groups is 1. The Morgan fingerprint density at radius 1 is 0.976 bits per heavy atom. The number of aliphatic hydroxyl groups is 1. The maximum atomic E-state index is 13.4. The fraction of sp³-hybridized carbons (Fsp3) is 0.357. The van der Waals surface area contributed by atoms with Gasteiger partial charge in [-0.05, 0) is 60.7 Å². The van der Waals surface area contributed by atoms with E-state index in [-0.39, 0.29) is 49.0 Å². The highest BCUT2D eigenvalue weighted by atomic mass is 16.5. The number of hydrogen-bond acceptors (Lipinski definition) is 7. The first-order chi connectivity index (χ1) is 19.6. The molecule has 3 atom stereocenters. The second-order valence-electron chi connectivity index (χ2n) is 9.54. The molecule has 2 aromatic rings. The lowest BCUT2D eigenvalue weighted by Gasteiger charge is -2.19. The second-order valence-corrected chi connectivity index (χ2v) is 9.54. The zero-order valence-electron chi connectivity index (χ0n) is 22.7. The number of carbonyl (C=O) groups excluding carboxylic acids is 2. The number of fused-ring (bicyclic) bond motifs is 1. The van der Waals surface area contributed by atoms with Crippen molar-refractivity contribution >= 4 is 29.8 Å².